The van der Waals surface area contributed by atoms with Crippen LogP contribution in [0.1, 0.15) is 57.1 Å². The predicted octanol–water partition coefficient (Wildman–Crippen LogP) is 3.89. The largest absolute Gasteiger partial charge is 0.480 e. The Kier molecular flexibility index (Phi) is 5.40. The molecule has 0 bridgehead atoms. The fourth-order valence-electron chi connectivity index (χ4n) is 3.15. The van der Waals surface area contributed by atoms with E-state index in [-0.39, 0.29) is 6.04 Å². The van der Waals surface area contributed by atoms with Gasteiger partial charge in [-0.15, -0.1) is 0 Å². The quantitative estimate of drug-likeness (QED) is 0.894. The maximum absolute atomic E-state index is 11.5. The van der Waals surface area contributed by atoms with Crippen molar-refractivity contribution >= 4 is 5.97 Å². The van der Waals surface area contributed by atoms with E-state index in [1.165, 1.54) is 11.1 Å². The molecule has 3 heteroatoms. The second kappa shape index (κ2) is 7.08. The van der Waals surface area contributed by atoms with Crippen LogP contribution in [0.5, 0.6) is 0 Å². The topological polar surface area (TPSA) is 40.5 Å². The number of nitrogens with zero attached hydrogens (tertiary/aromatic N) is 1. The summed E-state index contributed by atoms with van der Waals surface area (Å²) in [5.74, 6) is 0.420. The van der Waals surface area contributed by atoms with Gasteiger partial charge in [0.05, 0.1) is 0 Å². The van der Waals surface area contributed by atoms with Crippen molar-refractivity contribution in [3.63, 3.8) is 0 Å². The minimum absolute atomic E-state index is 0.325. The Morgan fingerprint density at radius 3 is 2.52 bits per heavy atom. The number of carboxylic acids is 1. The maximum Gasteiger partial charge on any atom is 0.320 e. The second-order valence-corrected chi connectivity index (χ2v) is 6.52. The van der Waals surface area contributed by atoms with E-state index in [9.17, 15) is 9.90 Å². The summed E-state index contributed by atoms with van der Waals surface area (Å²) < 4.78 is 0. The summed E-state index contributed by atoms with van der Waals surface area (Å²) in [5.41, 5.74) is 2.54. The molecule has 21 heavy (non-hydrogen) atoms. The molecule has 1 aliphatic heterocycles. The molecule has 1 N–H and O–H groups in total. The summed E-state index contributed by atoms with van der Waals surface area (Å²) in [7, 11) is 0. The Balaban J connectivity index is 2.04. The SMILES string of the molecule is CCC1CCN(Cc2ccc(C(C)C)cc2)C(C(=O)O)C1. The molecular formula is C18H27NO2. The van der Waals surface area contributed by atoms with Crippen molar-refractivity contribution in [3.05, 3.63) is 35.4 Å². The highest BCUT2D eigenvalue weighted by Crippen LogP contribution is 2.27. The van der Waals surface area contributed by atoms with Gasteiger partial charge in [0.2, 0.25) is 0 Å². The minimum atomic E-state index is -0.674. The van der Waals surface area contributed by atoms with Crippen molar-refractivity contribution in [1.29, 1.82) is 0 Å². The molecule has 1 heterocycles. The van der Waals surface area contributed by atoms with Crippen LogP contribution in [-0.4, -0.2) is 28.6 Å². The van der Waals surface area contributed by atoms with Crippen molar-refractivity contribution in [2.75, 3.05) is 6.54 Å². The summed E-state index contributed by atoms with van der Waals surface area (Å²) in [6.45, 7) is 8.16. The van der Waals surface area contributed by atoms with Gasteiger partial charge in [-0.05, 0) is 42.3 Å². The van der Waals surface area contributed by atoms with Crippen LogP contribution in [-0.2, 0) is 11.3 Å². The maximum atomic E-state index is 11.5. The highest BCUT2D eigenvalue weighted by Gasteiger charge is 2.32. The van der Waals surface area contributed by atoms with Crippen molar-refractivity contribution < 1.29 is 9.90 Å². The minimum Gasteiger partial charge on any atom is -0.480 e. The van der Waals surface area contributed by atoms with Crippen molar-refractivity contribution in [1.82, 2.24) is 4.90 Å². The summed E-state index contributed by atoms with van der Waals surface area (Å²) in [6.07, 6.45) is 2.99. The molecule has 0 amide bonds. The number of aliphatic carboxylic acids is 1. The zero-order chi connectivity index (χ0) is 15.4. The standard InChI is InChI=1S/C18H27NO2/c1-4-14-9-10-19(17(11-14)18(20)21)12-15-5-7-16(8-6-15)13(2)3/h5-8,13-14,17H,4,9-12H2,1-3H3,(H,20,21). The summed E-state index contributed by atoms with van der Waals surface area (Å²) >= 11 is 0. The van der Waals surface area contributed by atoms with Gasteiger partial charge in [-0.3, -0.25) is 9.69 Å². The van der Waals surface area contributed by atoms with E-state index in [4.69, 9.17) is 0 Å². The first kappa shape index (κ1) is 16.0. The molecule has 0 saturated carbocycles. The highest BCUT2D eigenvalue weighted by molar-refractivity contribution is 5.73. The predicted molar refractivity (Wildman–Crippen MR) is 85.4 cm³/mol. The average molecular weight is 289 g/mol. The second-order valence-electron chi connectivity index (χ2n) is 6.52. The molecule has 0 radical (unpaired) electrons. The Morgan fingerprint density at radius 2 is 2.00 bits per heavy atom. The summed E-state index contributed by atoms with van der Waals surface area (Å²) in [5, 5.41) is 9.48. The number of piperidine rings is 1. The van der Waals surface area contributed by atoms with E-state index in [2.05, 4.69) is 49.9 Å². The Labute approximate surface area is 128 Å². The Bertz CT molecular complexity index is 467. The molecule has 2 rings (SSSR count). The lowest BCUT2D eigenvalue weighted by Crippen LogP contribution is -2.46. The van der Waals surface area contributed by atoms with E-state index in [0.717, 1.165) is 32.4 Å². The van der Waals surface area contributed by atoms with Crippen LogP contribution in [0.25, 0.3) is 0 Å². The van der Waals surface area contributed by atoms with E-state index in [1.807, 2.05) is 0 Å². The number of hydrogen-bond donors (Lipinski definition) is 1. The van der Waals surface area contributed by atoms with Gasteiger partial charge in [-0.1, -0.05) is 51.5 Å². The molecule has 1 aromatic rings. The van der Waals surface area contributed by atoms with E-state index >= 15 is 0 Å². The van der Waals surface area contributed by atoms with Crippen LogP contribution in [0.4, 0.5) is 0 Å². The first-order chi connectivity index (χ1) is 10.0. The van der Waals surface area contributed by atoms with Gasteiger partial charge >= 0.3 is 5.97 Å². The number of rotatable bonds is 5. The van der Waals surface area contributed by atoms with Gasteiger partial charge in [0, 0.05) is 6.54 Å². The zero-order valence-corrected chi connectivity index (χ0v) is 13.4. The molecule has 1 aromatic carbocycles. The summed E-state index contributed by atoms with van der Waals surface area (Å²) in [6, 6.07) is 8.28. The molecule has 116 valence electrons. The number of likely N-dealkylation sites (tertiary alicyclic amines) is 1. The lowest BCUT2D eigenvalue weighted by Gasteiger charge is -2.37. The van der Waals surface area contributed by atoms with Crippen LogP contribution in [0, 0.1) is 5.92 Å². The van der Waals surface area contributed by atoms with Crippen LogP contribution >= 0.6 is 0 Å². The van der Waals surface area contributed by atoms with Crippen LogP contribution in [0.15, 0.2) is 24.3 Å². The van der Waals surface area contributed by atoms with Gasteiger partial charge in [-0.25, -0.2) is 0 Å². The van der Waals surface area contributed by atoms with Crippen LogP contribution in [0.3, 0.4) is 0 Å². The van der Waals surface area contributed by atoms with E-state index in [1.54, 1.807) is 0 Å². The van der Waals surface area contributed by atoms with Gasteiger partial charge in [-0.2, -0.15) is 0 Å². The normalized spacial score (nSPS) is 23.4. The average Bonchev–Trinajstić information content (AvgIpc) is 2.48. The van der Waals surface area contributed by atoms with Gasteiger partial charge in [0.1, 0.15) is 6.04 Å². The lowest BCUT2D eigenvalue weighted by molar-refractivity contribution is -0.145. The van der Waals surface area contributed by atoms with Crippen LogP contribution < -0.4 is 0 Å². The smallest absolute Gasteiger partial charge is 0.320 e. The molecule has 1 saturated heterocycles. The Morgan fingerprint density at radius 1 is 1.33 bits per heavy atom. The molecule has 3 nitrogen and oxygen atoms in total. The fraction of sp³-hybridized carbons (Fsp3) is 0.611. The molecule has 0 spiro atoms. The van der Waals surface area contributed by atoms with Crippen molar-refractivity contribution in [2.24, 2.45) is 5.92 Å². The highest BCUT2D eigenvalue weighted by atomic mass is 16.4. The first-order valence-electron chi connectivity index (χ1n) is 8.07. The summed E-state index contributed by atoms with van der Waals surface area (Å²) in [4.78, 5) is 13.6. The molecule has 0 aromatic heterocycles. The number of benzene rings is 1. The zero-order valence-electron chi connectivity index (χ0n) is 13.4. The van der Waals surface area contributed by atoms with Gasteiger partial charge in [0.15, 0.2) is 0 Å². The molecule has 2 unspecified atom stereocenters. The van der Waals surface area contributed by atoms with E-state index < -0.39 is 5.97 Å². The van der Waals surface area contributed by atoms with E-state index in [0.29, 0.717) is 11.8 Å². The number of hydrogen-bond acceptors (Lipinski definition) is 2. The number of carboxylic acid groups (broad SMARTS) is 1. The third kappa shape index (κ3) is 4.07. The third-order valence-electron chi connectivity index (χ3n) is 4.72. The molecular weight excluding hydrogens is 262 g/mol. The van der Waals surface area contributed by atoms with Crippen molar-refractivity contribution in [3.8, 4) is 0 Å². The fourth-order valence-corrected chi connectivity index (χ4v) is 3.15. The monoisotopic (exact) mass is 289 g/mol. The Hall–Kier alpha value is -1.35. The molecule has 0 aliphatic carbocycles. The van der Waals surface area contributed by atoms with Crippen LogP contribution in [0.2, 0.25) is 0 Å². The third-order valence-corrected chi connectivity index (χ3v) is 4.72. The van der Waals surface area contributed by atoms with Crippen molar-refractivity contribution in [2.45, 2.75) is 58.5 Å². The lowest BCUT2D eigenvalue weighted by atomic mass is 9.88. The molecule has 1 aliphatic rings. The molecule has 2 atom stereocenters. The van der Waals surface area contributed by atoms with Gasteiger partial charge < -0.3 is 5.11 Å². The number of carbonyl (C=O) groups is 1. The molecule has 1 fully saturated rings. The first-order valence-corrected chi connectivity index (χ1v) is 8.07. The van der Waals surface area contributed by atoms with Gasteiger partial charge in [0.25, 0.3) is 0 Å².